The highest BCUT2D eigenvalue weighted by atomic mass is 32.2. The maximum atomic E-state index is 12.2. The number of hydrogen-bond donors (Lipinski definition) is 3. The summed E-state index contributed by atoms with van der Waals surface area (Å²) in [6, 6.07) is 3.25. The van der Waals surface area contributed by atoms with Gasteiger partial charge in [0.05, 0.1) is 10.6 Å². The molecule has 1 aromatic carbocycles. The average Bonchev–Trinajstić information content (AvgIpc) is 2.43. The number of nitro benzene ring substituents is 1. The van der Waals surface area contributed by atoms with Gasteiger partial charge in [0.25, 0.3) is 5.69 Å². The molecule has 2 unspecified atom stereocenters. The predicted molar refractivity (Wildman–Crippen MR) is 79.6 cm³/mol. The Morgan fingerprint density at radius 3 is 2.57 bits per heavy atom. The van der Waals surface area contributed by atoms with Crippen LogP contribution in [-0.4, -0.2) is 35.6 Å². The van der Waals surface area contributed by atoms with E-state index in [0.717, 1.165) is 12.1 Å². The molecule has 0 heterocycles. The summed E-state index contributed by atoms with van der Waals surface area (Å²) in [4.78, 5) is 9.69. The molecule has 0 radical (unpaired) electrons. The second-order valence-electron chi connectivity index (χ2n) is 4.24. The van der Waals surface area contributed by atoms with E-state index < -0.39 is 31.0 Å². The van der Waals surface area contributed by atoms with Crippen LogP contribution in [0.1, 0.15) is 6.92 Å². The first-order chi connectivity index (χ1) is 9.69. The van der Waals surface area contributed by atoms with Gasteiger partial charge in [0.1, 0.15) is 4.90 Å². The van der Waals surface area contributed by atoms with Crippen molar-refractivity contribution in [1.82, 2.24) is 4.72 Å². The topological polar surface area (TPSA) is 144 Å². The van der Waals surface area contributed by atoms with Gasteiger partial charge in [0.2, 0.25) is 10.0 Å². The highest BCUT2D eigenvalue weighted by molar-refractivity contribution is 7.89. The van der Waals surface area contributed by atoms with Gasteiger partial charge in [-0.1, -0.05) is 0 Å². The first-order valence-electron chi connectivity index (χ1n) is 5.76. The number of rotatable bonds is 7. The molecule has 0 fully saturated rings. The summed E-state index contributed by atoms with van der Waals surface area (Å²) in [7, 11) is -5.21. The Morgan fingerprint density at radius 2 is 2.10 bits per heavy atom. The zero-order chi connectivity index (χ0) is 16.2. The molecule has 0 amide bonds. The lowest BCUT2D eigenvalue weighted by Crippen LogP contribution is -2.33. The first-order valence-corrected chi connectivity index (χ1v) is 8.86. The molecule has 0 saturated heterocycles. The van der Waals surface area contributed by atoms with E-state index in [1.54, 1.807) is 6.92 Å². The standard InChI is InChI=1S/C10H16N4O5S2/c1-7(20(2)17)6-12-21(18,19)10-5-8(14(15)16)3-4-9(10)13-11/h3-5,7,12-13H,6,11H2,1-2H3. The molecule has 0 aliphatic heterocycles. The van der Waals surface area contributed by atoms with Crippen molar-refractivity contribution in [3.63, 3.8) is 0 Å². The number of benzene rings is 1. The van der Waals surface area contributed by atoms with Crippen LogP contribution in [0.5, 0.6) is 0 Å². The average molecular weight is 336 g/mol. The Labute approximate surface area is 124 Å². The zero-order valence-corrected chi connectivity index (χ0v) is 13.0. The Kier molecular flexibility index (Phi) is 5.78. The van der Waals surface area contributed by atoms with Gasteiger partial charge in [-0.15, -0.1) is 0 Å². The fourth-order valence-corrected chi connectivity index (χ4v) is 3.13. The van der Waals surface area contributed by atoms with E-state index in [-0.39, 0.29) is 22.8 Å². The molecule has 4 N–H and O–H groups in total. The SMILES string of the molecule is CC(CNS(=O)(=O)c1cc([N+](=O)[O-])ccc1NN)S(C)=O. The van der Waals surface area contributed by atoms with Crippen LogP contribution in [0, 0.1) is 10.1 Å². The normalized spacial score (nSPS) is 14.4. The van der Waals surface area contributed by atoms with Crippen molar-refractivity contribution in [1.29, 1.82) is 0 Å². The molecule has 11 heteroatoms. The number of nitrogens with one attached hydrogen (secondary N) is 2. The summed E-state index contributed by atoms with van der Waals surface area (Å²) in [5, 5.41) is 10.3. The molecule has 0 aromatic heterocycles. The predicted octanol–water partition coefficient (Wildman–Crippen LogP) is -0.0743. The molecular formula is C10H16N4O5S2. The highest BCUT2D eigenvalue weighted by Crippen LogP contribution is 2.25. The molecule has 9 nitrogen and oxygen atoms in total. The van der Waals surface area contributed by atoms with Gasteiger partial charge in [0.15, 0.2) is 0 Å². The number of nitrogen functional groups attached to an aromatic ring is 1. The lowest BCUT2D eigenvalue weighted by atomic mass is 10.3. The summed E-state index contributed by atoms with van der Waals surface area (Å²) in [5.74, 6) is 5.22. The second kappa shape index (κ2) is 6.93. The Morgan fingerprint density at radius 1 is 1.48 bits per heavy atom. The van der Waals surface area contributed by atoms with Crippen LogP contribution in [0.15, 0.2) is 23.1 Å². The molecule has 1 aromatic rings. The maximum absolute atomic E-state index is 12.2. The van der Waals surface area contributed by atoms with Crippen LogP contribution >= 0.6 is 0 Å². The number of sulfonamides is 1. The largest absolute Gasteiger partial charge is 0.323 e. The highest BCUT2D eigenvalue weighted by Gasteiger charge is 2.23. The van der Waals surface area contributed by atoms with E-state index >= 15 is 0 Å². The Hall–Kier alpha value is -1.56. The molecule has 0 aliphatic carbocycles. The number of anilines is 1. The summed E-state index contributed by atoms with van der Waals surface area (Å²) in [6.45, 7) is 1.56. The lowest BCUT2D eigenvalue weighted by Gasteiger charge is -2.13. The zero-order valence-electron chi connectivity index (χ0n) is 11.4. The fraction of sp³-hybridized carbons (Fsp3) is 0.400. The van der Waals surface area contributed by atoms with Gasteiger partial charge in [0, 0.05) is 41.0 Å². The summed E-state index contributed by atoms with van der Waals surface area (Å²) in [6.07, 6.45) is 1.46. The van der Waals surface area contributed by atoms with E-state index in [9.17, 15) is 22.7 Å². The van der Waals surface area contributed by atoms with Crippen LogP contribution in [-0.2, 0) is 20.8 Å². The number of non-ortho nitro benzene ring substituents is 1. The van der Waals surface area contributed by atoms with E-state index in [1.165, 1.54) is 12.3 Å². The van der Waals surface area contributed by atoms with Gasteiger partial charge in [-0.05, 0) is 13.0 Å². The second-order valence-corrected chi connectivity index (χ2v) is 7.78. The lowest BCUT2D eigenvalue weighted by molar-refractivity contribution is -0.385. The van der Waals surface area contributed by atoms with Crippen molar-refractivity contribution >= 4 is 32.2 Å². The molecule has 21 heavy (non-hydrogen) atoms. The number of nitro groups is 1. The summed E-state index contributed by atoms with van der Waals surface area (Å²) < 4.78 is 37.8. The Balaban J connectivity index is 3.14. The third-order valence-electron chi connectivity index (χ3n) is 2.75. The van der Waals surface area contributed by atoms with Crippen LogP contribution in [0.2, 0.25) is 0 Å². The van der Waals surface area contributed by atoms with Crippen LogP contribution < -0.4 is 16.0 Å². The van der Waals surface area contributed by atoms with Gasteiger partial charge >= 0.3 is 0 Å². The van der Waals surface area contributed by atoms with Crippen molar-refractivity contribution < 1.29 is 17.6 Å². The van der Waals surface area contributed by atoms with Gasteiger partial charge in [-0.3, -0.25) is 20.2 Å². The van der Waals surface area contributed by atoms with Crippen molar-refractivity contribution in [2.24, 2.45) is 5.84 Å². The molecule has 0 bridgehead atoms. The summed E-state index contributed by atoms with van der Waals surface area (Å²) >= 11 is 0. The number of nitrogens with two attached hydrogens (primary N) is 1. The van der Waals surface area contributed by atoms with Gasteiger partial charge < -0.3 is 5.43 Å². The van der Waals surface area contributed by atoms with Crippen molar-refractivity contribution in [2.45, 2.75) is 17.1 Å². The molecule has 0 saturated carbocycles. The van der Waals surface area contributed by atoms with E-state index in [4.69, 9.17) is 5.84 Å². The first kappa shape index (κ1) is 17.5. The van der Waals surface area contributed by atoms with E-state index in [2.05, 4.69) is 10.1 Å². The maximum Gasteiger partial charge on any atom is 0.270 e. The number of hydrazine groups is 1. The minimum atomic E-state index is -4.02. The quantitative estimate of drug-likeness (QED) is 0.359. The third-order valence-corrected chi connectivity index (χ3v) is 5.51. The molecular weight excluding hydrogens is 320 g/mol. The van der Waals surface area contributed by atoms with Crippen LogP contribution in [0.25, 0.3) is 0 Å². The number of hydrogen-bond acceptors (Lipinski definition) is 7. The molecule has 2 atom stereocenters. The fourth-order valence-electron chi connectivity index (χ4n) is 1.39. The molecule has 0 spiro atoms. The van der Waals surface area contributed by atoms with Crippen molar-refractivity contribution in [3.05, 3.63) is 28.3 Å². The molecule has 0 aliphatic rings. The molecule has 118 valence electrons. The minimum absolute atomic E-state index is 0.0263. The van der Waals surface area contributed by atoms with Gasteiger partial charge in [-0.2, -0.15) is 0 Å². The Bertz CT molecular complexity index is 661. The van der Waals surface area contributed by atoms with Crippen LogP contribution in [0.3, 0.4) is 0 Å². The minimum Gasteiger partial charge on any atom is -0.323 e. The summed E-state index contributed by atoms with van der Waals surface area (Å²) in [5.41, 5.74) is 1.83. The third kappa shape index (κ3) is 4.46. The monoisotopic (exact) mass is 336 g/mol. The molecule has 1 rings (SSSR count). The smallest absolute Gasteiger partial charge is 0.270 e. The van der Waals surface area contributed by atoms with Crippen LogP contribution in [0.4, 0.5) is 11.4 Å². The van der Waals surface area contributed by atoms with E-state index in [0.29, 0.717) is 0 Å². The van der Waals surface area contributed by atoms with Crippen molar-refractivity contribution in [3.8, 4) is 0 Å². The number of nitrogens with zero attached hydrogens (tertiary/aromatic N) is 1. The van der Waals surface area contributed by atoms with Gasteiger partial charge in [-0.25, -0.2) is 13.1 Å². The van der Waals surface area contributed by atoms with Crippen molar-refractivity contribution in [2.75, 3.05) is 18.2 Å². The van der Waals surface area contributed by atoms with E-state index in [1.807, 2.05) is 0 Å².